The Kier molecular flexibility index (Phi) is 4.74. The number of carbonyl (C=O) groups excluding carboxylic acids is 1. The van der Waals surface area contributed by atoms with Gasteiger partial charge in [-0.15, -0.1) is 0 Å². The first kappa shape index (κ1) is 15.2. The lowest BCUT2D eigenvalue weighted by atomic mass is 10.2. The number of nitrogens with zero attached hydrogens (tertiary/aromatic N) is 2. The second-order valence-electron chi connectivity index (χ2n) is 4.29. The van der Waals surface area contributed by atoms with Crippen LogP contribution in [0.4, 0.5) is 21.0 Å². The Labute approximate surface area is 126 Å². The molecule has 5 nitrogen and oxygen atoms in total. The van der Waals surface area contributed by atoms with E-state index in [-0.39, 0.29) is 17.5 Å². The lowest BCUT2D eigenvalue weighted by Crippen LogP contribution is -2.30. The summed E-state index contributed by atoms with van der Waals surface area (Å²) in [6, 6.07) is 5.79. The number of amides is 1. The van der Waals surface area contributed by atoms with Gasteiger partial charge in [0.2, 0.25) is 0 Å². The van der Waals surface area contributed by atoms with Crippen LogP contribution in [-0.4, -0.2) is 24.0 Å². The van der Waals surface area contributed by atoms with Crippen LogP contribution in [0.5, 0.6) is 0 Å². The number of hydrogen-bond acceptors (Lipinski definition) is 5. The number of nitrogen functional groups attached to an aromatic ring is 1. The van der Waals surface area contributed by atoms with E-state index in [0.29, 0.717) is 28.8 Å². The van der Waals surface area contributed by atoms with Gasteiger partial charge in [0.25, 0.3) is 5.91 Å². The Morgan fingerprint density at radius 1 is 1.38 bits per heavy atom. The first-order chi connectivity index (χ1) is 10.1. The molecule has 1 heterocycles. The highest BCUT2D eigenvalue weighted by Gasteiger charge is 2.22. The van der Waals surface area contributed by atoms with Gasteiger partial charge in [-0.25, -0.2) is 9.37 Å². The molecule has 0 unspecified atom stereocenters. The van der Waals surface area contributed by atoms with E-state index in [1.165, 1.54) is 23.5 Å². The molecule has 0 bridgehead atoms. The van der Waals surface area contributed by atoms with Gasteiger partial charge in [0.1, 0.15) is 16.5 Å². The summed E-state index contributed by atoms with van der Waals surface area (Å²) in [5.74, 6) is -0.362. The second kappa shape index (κ2) is 6.53. The quantitative estimate of drug-likeness (QED) is 0.891. The molecule has 0 aliphatic heterocycles. The van der Waals surface area contributed by atoms with Crippen molar-refractivity contribution in [2.24, 2.45) is 0 Å². The summed E-state index contributed by atoms with van der Waals surface area (Å²) in [7, 11) is 0. The standard InChI is InChI=1S/C14H17FN4OS/c1-3-17-14-18-12(16)11(21-14)13(20)19(4-2)10-7-5-9(15)6-8-10/h5-8H,3-4,16H2,1-2H3,(H,17,18). The molecule has 0 spiro atoms. The lowest BCUT2D eigenvalue weighted by Gasteiger charge is -2.20. The highest BCUT2D eigenvalue weighted by Crippen LogP contribution is 2.28. The molecular weight excluding hydrogens is 291 g/mol. The summed E-state index contributed by atoms with van der Waals surface area (Å²) in [5.41, 5.74) is 6.45. The molecule has 2 aromatic rings. The number of hydrogen-bond donors (Lipinski definition) is 2. The van der Waals surface area contributed by atoms with Gasteiger partial charge in [0.15, 0.2) is 5.13 Å². The van der Waals surface area contributed by atoms with Crippen LogP contribution < -0.4 is 16.0 Å². The fraction of sp³-hybridized carbons (Fsp3) is 0.286. The number of rotatable bonds is 5. The number of anilines is 3. The van der Waals surface area contributed by atoms with Crippen molar-refractivity contribution in [3.8, 4) is 0 Å². The summed E-state index contributed by atoms with van der Waals surface area (Å²) in [6.45, 7) is 4.95. The zero-order valence-electron chi connectivity index (χ0n) is 11.9. The van der Waals surface area contributed by atoms with E-state index in [2.05, 4.69) is 10.3 Å². The van der Waals surface area contributed by atoms with Crippen molar-refractivity contribution >= 4 is 33.9 Å². The first-order valence-corrected chi connectivity index (χ1v) is 7.46. The normalized spacial score (nSPS) is 10.4. The number of aromatic nitrogens is 1. The van der Waals surface area contributed by atoms with E-state index in [4.69, 9.17) is 5.73 Å². The van der Waals surface area contributed by atoms with Crippen molar-refractivity contribution in [3.05, 3.63) is 35.0 Å². The van der Waals surface area contributed by atoms with Gasteiger partial charge >= 0.3 is 0 Å². The molecule has 7 heteroatoms. The summed E-state index contributed by atoms with van der Waals surface area (Å²) in [4.78, 5) is 18.6. The van der Waals surface area contributed by atoms with Crippen LogP contribution in [0.15, 0.2) is 24.3 Å². The van der Waals surface area contributed by atoms with Crippen LogP contribution in [-0.2, 0) is 0 Å². The predicted molar refractivity (Wildman–Crippen MR) is 84.4 cm³/mol. The Balaban J connectivity index is 2.29. The lowest BCUT2D eigenvalue weighted by molar-refractivity contribution is 0.0993. The van der Waals surface area contributed by atoms with Crippen LogP contribution >= 0.6 is 11.3 Å². The maximum atomic E-state index is 13.0. The minimum atomic E-state index is -0.339. The number of carbonyl (C=O) groups is 1. The third-order valence-electron chi connectivity index (χ3n) is 2.88. The minimum Gasteiger partial charge on any atom is -0.382 e. The highest BCUT2D eigenvalue weighted by atomic mass is 32.1. The average Bonchev–Trinajstić information content (AvgIpc) is 2.83. The maximum absolute atomic E-state index is 13.0. The second-order valence-corrected chi connectivity index (χ2v) is 5.29. The molecule has 2 rings (SSSR count). The van der Waals surface area contributed by atoms with Gasteiger partial charge in [-0.3, -0.25) is 4.79 Å². The summed E-state index contributed by atoms with van der Waals surface area (Å²) >= 11 is 1.22. The van der Waals surface area contributed by atoms with E-state index in [9.17, 15) is 9.18 Å². The third-order valence-corrected chi connectivity index (χ3v) is 3.89. The molecule has 1 aromatic carbocycles. The van der Waals surface area contributed by atoms with E-state index in [0.717, 1.165) is 0 Å². The van der Waals surface area contributed by atoms with Crippen molar-refractivity contribution in [1.29, 1.82) is 0 Å². The van der Waals surface area contributed by atoms with Crippen molar-refractivity contribution in [3.63, 3.8) is 0 Å². The Morgan fingerprint density at radius 3 is 2.62 bits per heavy atom. The van der Waals surface area contributed by atoms with Gasteiger partial charge in [-0.1, -0.05) is 11.3 Å². The Hall–Kier alpha value is -2.15. The molecular formula is C14H17FN4OS. The molecule has 0 aliphatic rings. The highest BCUT2D eigenvalue weighted by molar-refractivity contribution is 7.18. The maximum Gasteiger partial charge on any atom is 0.272 e. The number of nitrogens with two attached hydrogens (primary N) is 1. The molecule has 112 valence electrons. The molecule has 0 saturated carbocycles. The molecule has 1 aromatic heterocycles. The van der Waals surface area contributed by atoms with Gasteiger partial charge < -0.3 is 16.0 Å². The van der Waals surface area contributed by atoms with Crippen LogP contribution in [0.3, 0.4) is 0 Å². The van der Waals surface area contributed by atoms with Crippen molar-refractivity contribution in [2.45, 2.75) is 13.8 Å². The van der Waals surface area contributed by atoms with Gasteiger partial charge in [0.05, 0.1) is 0 Å². The third kappa shape index (κ3) is 3.30. The van der Waals surface area contributed by atoms with Gasteiger partial charge in [-0.2, -0.15) is 0 Å². The van der Waals surface area contributed by atoms with E-state index in [1.807, 2.05) is 13.8 Å². The molecule has 0 fully saturated rings. The monoisotopic (exact) mass is 308 g/mol. The average molecular weight is 308 g/mol. The zero-order chi connectivity index (χ0) is 15.4. The fourth-order valence-corrected chi connectivity index (χ4v) is 2.80. The van der Waals surface area contributed by atoms with Crippen LogP contribution in [0.25, 0.3) is 0 Å². The first-order valence-electron chi connectivity index (χ1n) is 6.64. The van der Waals surface area contributed by atoms with E-state index in [1.54, 1.807) is 17.0 Å². The minimum absolute atomic E-state index is 0.210. The number of benzene rings is 1. The van der Waals surface area contributed by atoms with Crippen LogP contribution in [0.2, 0.25) is 0 Å². The number of halogens is 1. The molecule has 0 saturated heterocycles. The summed E-state index contributed by atoms with van der Waals surface area (Å²) < 4.78 is 13.0. The Bertz CT molecular complexity index is 626. The van der Waals surface area contributed by atoms with Crippen LogP contribution in [0, 0.1) is 5.82 Å². The SMILES string of the molecule is CCNc1nc(N)c(C(=O)N(CC)c2ccc(F)cc2)s1. The number of thiazole rings is 1. The summed E-state index contributed by atoms with van der Waals surface area (Å²) in [5, 5.41) is 3.65. The largest absolute Gasteiger partial charge is 0.382 e. The molecule has 1 amide bonds. The molecule has 21 heavy (non-hydrogen) atoms. The van der Waals surface area contributed by atoms with Crippen molar-refractivity contribution in [1.82, 2.24) is 4.98 Å². The van der Waals surface area contributed by atoms with E-state index < -0.39 is 0 Å². The van der Waals surface area contributed by atoms with Gasteiger partial charge in [0, 0.05) is 18.8 Å². The Morgan fingerprint density at radius 2 is 2.05 bits per heavy atom. The molecule has 0 aliphatic carbocycles. The van der Waals surface area contributed by atoms with Crippen molar-refractivity contribution < 1.29 is 9.18 Å². The van der Waals surface area contributed by atoms with Crippen molar-refractivity contribution in [2.75, 3.05) is 29.0 Å². The zero-order valence-corrected chi connectivity index (χ0v) is 12.7. The topological polar surface area (TPSA) is 71.2 Å². The molecule has 0 atom stereocenters. The summed E-state index contributed by atoms with van der Waals surface area (Å²) in [6.07, 6.45) is 0. The smallest absolute Gasteiger partial charge is 0.272 e. The predicted octanol–water partition coefficient (Wildman–Crippen LogP) is 2.96. The number of nitrogens with one attached hydrogen (secondary N) is 1. The fourth-order valence-electron chi connectivity index (χ4n) is 1.90. The molecule has 3 N–H and O–H groups in total. The van der Waals surface area contributed by atoms with Gasteiger partial charge in [-0.05, 0) is 38.1 Å². The van der Waals surface area contributed by atoms with E-state index >= 15 is 0 Å². The molecule has 0 radical (unpaired) electrons. The van der Waals surface area contributed by atoms with Crippen LogP contribution in [0.1, 0.15) is 23.5 Å².